The summed E-state index contributed by atoms with van der Waals surface area (Å²) in [6, 6.07) is 5.17. The van der Waals surface area contributed by atoms with E-state index in [1.165, 1.54) is 0 Å². The van der Waals surface area contributed by atoms with E-state index in [0.29, 0.717) is 36.9 Å². The van der Waals surface area contributed by atoms with E-state index in [2.05, 4.69) is 19.2 Å². The van der Waals surface area contributed by atoms with Crippen molar-refractivity contribution in [3.05, 3.63) is 23.8 Å². The Bertz CT molecular complexity index is 447. The normalized spacial score (nSPS) is 10.7. The van der Waals surface area contributed by atoms with Crippen LogP contribution in [-0.4, -0.2) is 32.3 Å². The van der Waals surface area contributed by atoms with Gasteiger partial charge in [0.05, 0.1) is 18.8 Å². The average Bonchev–Trinajstić information content (AvgIpc) is 2.43. The van der Waals surface area contributed by atoms with Gasteiger partial charge in [0.25, 0.3) is 0 Å². The Morgan fingerprint density at radius 3 is 2.76 bits per heavy atom. The molecule has 0 aliphatic rings. The number of rotatable bonds is 9. The van der Waals surface area contributed by atoms with Gasteiger partial charge in [0.2, 0.25) is 0 Å². The van der Waals surface area contributed by atoms with Crippen molar-refractivity contribution in [1.29, 1.82) is 0 Å². The van der Waals surface area contributed by atoms with Gasteiger partial charge in [-0.1, -0.05) is 13.8 Å². The summed E-state index contributed by atoms with van der Waals surface area (Å²) in [6.07, 6.45) is 1.05. The van der Waals surface area contributed by atoms with Crippen molar-refractivity contribution in [1.82, 2.24) is 0 Å². The van der Waals surface area contributed by atoms with E-state index in [1.807, 2.05) is 0 Å². The number of carbonyl (C=O) groups is 1. The lowest BCUT2D eigenvalue weighted by Crippen LogP contribution is -2.14. The van der Waals surface area contributed by atoms with Gasteiger partial charge in [0, 0.05) is 24.5 Å². The Labute approximate surface area is 126 Å². The first-order chi connectivity index (χ1) is 10.0. The van der Waals surface area contributed by atoms with Crippen molar-refractivity contribution in [3.63, 3.8) is 0 Å². The molecule has 0 radical (unpaired) electrons. The Morgan fingerprint density at radius 1 is 1.33 bits per heavy atom. The van der Waals surface area contributed by atoms with Gasteiger partial charge in [-0.15, -0.1) is 0 Å². The minimum atomic E-state index is -0.368. The van der Waals surface area contributed by atoms with Crippen molar-refractivity contribution >= 4 is 17.3 Å². The van der Waals surface area contributed by atoms with Gasteiger partial charge >= 0.3 is 5.97 Å². The molecule has 0 saturated carbocycles. The van der Waals surface area contributed by atoms with Crippen LogP contribution in [0.15, 0.2) is 18.2 Å². The molecule has 0 saturated heterocycles. The molecule has 5 heteroatoms. The zero-order valence-corrected chi connectivity index (χ0v) is 13.1. The number of ether oxygens (including phenoxy) is 2. The molecule has 118 valence electrons. The first kappa shape index (κ1) is 17.3. The third-order valence-corrected chi connectivity index (χ3v) is 2.94. The minimum absolute atomic E-state index is 0.339. The lowest BCUT2D eigenvalue weighted by atomic mass is 10.1. The van der Waals surface area contributed by atoms with Gasteiger partial charge in [-0.25, -0.2) is 4.79 Å². The minimum Gasteiger partial charge on any atom is -0.462 e. The van der Waals surface area contributed by atoms with Crippen LogP contribution in [0.1, 0.15) is 37.6 Å². The topological polar surface area (TPSA) is 73.6 Å². The van der Waals surface area contributed by atoms with Crippen LogP contribution in [0.2, 0.25) is 0 Å². The molecule has 1 rings (SSSR count). The molecule has 0 atom stereocenters. The summed E-state index contributed by atoms with van der Waals surface area (Å²) in [6.45, 7) is 8.44. The van der Waals surface area contributed by atoms with E-state index in [-0.39, 0.29) is 5.97 Å². The van der Waals surface area contributed by atoms with Crippen LogP contribution in [0.25, 0.3) is 0 Å². The van der Waals surface area contributed by atoms with Crippen molar-refractivity contribution in [2.45, 2.75) is 27.2 Å². The van der Waals surface area contributed by atoms with Gasteiger partial charge in [-0.2, -0.15) is 0 Å². The number of nitrogen functional groups attached to an aromatic ring is 1. The van der Waals surface area contributed by atoms with Crippen molar-refractivity contribution in [2.24, 2.45) is 5.92 Å². The van der Waals surface area contributed by atoms with Gasteiger partial charge in [-0.3, -0.25) is 0 Å². The largest absolute Gasteiger partial charge is 0.462 e. The van der Waals surface area contributed by atoms with E-state index in [0.717, 1.165) is 18.7 Å². The van der Waals surface area contributed by atoms with Crippen LogP contribution in [0, 0.1) is 5.92 Å². The number of nitrogens with one attached hydrogen (secondary N) is 1. The standard InChI is InChI=1S/C16H26N2O3/c1-4-21-16(19)14-11-13(17)5-6-15(14)18-8-10-20-9-7-12(2)3/h5-6,11-12,18H,4,7-10,17H2,1-3H3. The molecule has 0 bridgehead atoms. The van der Waals surface area contributed by atoms with E-state index in [1.54, 1.807) is 25.1 Å². The lowest BCUT2D eigenvalue weighted by molar-refractivity contribution is 0.0527. The molecule has 0 aliphatic heterocycles. The van der Waals surface area contributed by atoms with Crippen molar-refractivity contribution in [3.8, 4) is 0 Å². The van der Waals surface area contributed by atoms with Crippen LogP contribution < -0.4 is 11.1 Å². The molecule has 5 nitrogen and oxygen atoms in total. The summed E-state index contributed by atoms with van der Waals surface area (Å²) in [4.78, 5) is 11.9. The summed E-state index contributed by atoms with van der Waals surface area (Å²) in [5.74, 6) is 0.276. The van der Waals surface area contributed by atoms with Crippen LogP contribution in [0.3, 0.4) is 0 Å². The molecule has 0 amide bonds. The molecule has 0 heterocycles. The maximum absolute atomic E-state index is 11.9. The van der Waals surface area contributed by atoms with E-state index < -0.39 is 0 Å². The maximum Gasteiger partial charge on any atom is 0.340 e. The quantitative estimate of drug-likeness (QED) is 0.416. The Hall–Kier alpha value is -1.75. The fraction of sp³-hybridized carbons (Fsp3) is 0.562. The third kappa shape index (κ3) is 6.49. The van der Waals surface area contributed by atoms with E-state index in [9.17, 15) is 4.79 Å². The van der Waals surface area contributed by atoms with Crippen molar-refractivity contribution < 1.29 is 14.3 Å². The summed E-state index contributed by atoms with van der Waals surface area (Å²) in [5, 5.41) is 3.19. The number of anilines is 2. The highest BCUT2D eigenvalue weighted by atomic mass is 16.5. The number of benzene rings is 1. The SMILES string of the molecule is CCOC(=O)c1cc(N)ccc1NCCOCCC(C)C. The second-order valence-corrected chi connectivity index (χ2v) is 5.25. The predicted octanol–water partition coefficient (Wildman–Crippen LogP) is 2.92. The van der Waals surface area contributed by atoms with Gasteiger partial charge in [0.1, 0.15) is 0 Å². The number of hydrogen-bond donors (Lipinski definition) is 2. The number of nitrogens with two attached hydrogens (primary N) is 1. The predicted molar refractivity (Wildman–Crippen MR) is 85.6 cm³/mol. The van der Waals surface area contributed by atoms with Crippen LogP contribution in [0.5, 0.6) is 0 Å². The summed E-state index contributed by atoms with van der Waals surface area (Å²) in [5.41, 5.74) is 7.44. The van der Waals surface area contributed by atoms with Gasteiger partial charge in [-0.05, 0) is 37.5 Å². The fourth-order valence-corrected chi connectivity index (χ4v) is 1.77. The first-order valence-corrected chi connectivity index (χ1v) is 7.42. The molecule has 1 aromatic rings. The van der Waals surface area contributed by atoms with E-state index >= 15 is 0 Å². The number of carbonyl (C=O) groups excluding carboxylic acids is 1. The zero-order valence-electron chi connectivity index (χ0n) is 13.1. The first-order valence-electron chi connectivity index (χ1n) is 7.42. The highest BCUT2D eigenvalue weighted by Gasteiger charge is 2.12. The second-order valence-electron chi connectivity index (χ2n) is 5.25. The Kier molecular flexibility index (Phi) is 7.61. The molecule has 0 aromatic heterocycles. The Balaban J connectivity index is 2.48. The molecular formula is C16H26N2O3. The molecule has 3 N–H and O–H groups in total. The smallest absolute Gasteiger partial charge is 0.340 e. The van der Waals surface area contributed by atoms with Gasteiger partial charge in [0.15, 0.2) is 0 Å². The molecule has 0 fully saturated rings. The Morgan fingerprint density at radius 2 is 2.10 bits per heavy atom. The number of hydrogen-bond acceptors (Lipinski definition) is 5. The fourth-order valence-electron chi connectivity index (χ4n) is 1.77. The van der Waals surface area contributed by atoms with Crippen LogP contribution >= 0.6 is 0 Å². The number of esters is 1. The molecule has 0 unspecified atom stereocenters. The summed E-state index contributed by atoms with van der Waals surface area (Å²) < 4.78 is 10.6. The molecule has 1 aromatic carbocycles. The molecule has 0 aliphatic carbocycles. The van der Waals surface area contributed by atoms with Gasteiger partial charge < -0.3 is 20.5 Å². The maximum atomic E-state index is 11.9. The van der Waals surface area contributed by atoms with Crippen LogP contribution in [0.4, 0.5) is 11.4 Å². The average molecular weight is 294 g/mol. The summed E-state index contributed by atoms with van der Waals surface area (Å²) >= 11 is 0. The highest BCUT2D eigenvalue weighted by Crippen LogP contribution is 2.19. The lowest BCUT2D eigenvalue weighted by Gasteiger charge is -2.12. The van der Waals surface area contributed by atoms with E-state index in [4.69, 9.17) is 15.2 Å². The van der Waals surface area contributed by atoms with Crippen molar-refractivity contribution in [2.75, 3.05) is 37.4 Å². The third-order valence-electron chi connectivity index (χ3n) is 2.94. The molecular weight excluding hydrogens is 268 g/mol. The zero-order chi connectivity index (χ0) is 15.7. The summed E-state index contributed by atoms with van der Waals surface area (Å²) in [7, 11) is 0. The molecule has 21 heavy (non-hydrogen) atoms. The second kappa shape index (κ2) is 9.23. The highest BCUT2D eigenvalue weighted by molar-refractivity contribution is 5.96. The monoisotopic (exact) mass is 294 g/mol. The van der Waals surface area contributed by atoms with Crippen LogP contribution in [-0.2, 0) is 9.47 Å². The molecule has 0 spiro atoms.